The van der Waals surface area contributed by atoms with Crippen molar-refractivity contribution in [2.45, 2.75) is 0 Å². The molecule has 0 bridgehead atoms. The number of rotatable bonds is 7. The predicted molar refractivity (Wildman–Crippen MR) is 110 cm³/mol. The molecule has 3 rings (SSSR count). The summed E-state index contributed by atoms with van der Waals surface area (Å²) in [6.07, 6.45) is 0. The fourth-order valence-corrected chi connectivity index (χ4v) is 2.71. The lowest BCUT2D eigenvalue weighted by molar-refractivity contribution is -0.383. The normalized spacial score (nSPS) is 10.1. The summed E-state index contributed by atoms with van der Waals surface area (Å²) >= 11 is 0. The number of methoxy groups -OCH3 is 2. The van der Waals surface area contributed by atoms with Gasteiger partial charge in [-0.2, -0.15) is 0 Å². The van der Waals surface area contributed by atoms with E-state index in [0.29, 0.717) is 22.9 Å². The average molecular weight is 393 g/mol. The van der Waals surface area contributed by atoms with Crippen LogP contribution in [0.5, 0.6) is 11.5 Å². The first-order chi connectivity index (χ1) is 14.0. The van der Waals surface area contributed by atoms with Crippen LogP contribution in [-0.2, 0) is 0 Å². The summed E-state index contributed by atoms with van der Waals surface area (Å²) in [6.45, 7) is 0. The number of anilines is 3. The largest absolute Gasteiger partial charge is 0.497 e. The molecule has 0 fully saturated rings. The molecule has 0 radical (unpaired) electrons. The number of benzene rings is 3. The third-order valence-electron chi connectivity index (χ3n) is 4.16. The Morgan fingerprint density at radius 1 is 0.931 bits per heavy atom. The van der Waals surface area contributed by atoms with E-state index in [0.717, 1.165) is 0 Å². The molecule has 0 heterocycles. The molecule has 0 spiro atoms. The van der Waals surface area contributed by atoms with Crippen LogP contribution in [0.3, 0.4) is 0 Å². The molecule has 0 atom stereocenters. The van der Waals surface area contributed by atoms with Gasteiger partial charge in [-0.05, 0) is 36.4 Å². The van der Waals surface area contributed by atoms with Gasteiger partial charge in [-0.25, -0.2) is 0 Å². The van der Waals surface area contributed by atoms with E-state index in [2.05, 4.69) is 10.6 Å². The van der Waals surface area contributed by atoms with Gasteiger partial charge in [0.15, 0.2) is 0 Å². The maximum Gasteiger partial charge on any atom is 0.293 e. The molecule has 0 unspecified atom stereocenters. The first kappa shape index (κ1) is 19.7. The summed E-state index contributed by atoms with van der Waals surface area (Å²) in [6, 6.07) is 18.3. The fraction of sp³-hybridized carbons (Fsp3) is 0.0952. The Morgan fingerprint density at radius 3 is 2.34 bits per heavy atom. The van der Waals surface area contributed by atoms with Crippen molar-refractivity contribution in [2.24, 2.45) is 0 Å². The lowest BCUT2D eigenvalue weighted by atomic mass is 10.1. The molecular formula is C21H19N3O5. The maximum atomic E-state index is 12.7. The van der Waals surface area contributed by atoms with Crippen LogP contribution in [0.2, 0.25) is 0 Å². The quantitative estimate of drug-likeness (QED) is 0.449. The molecule has 0 saturated carbocycles. The zero-order valence-electron chi connectivity index (χ0n) is 15.8. The molecule has 0 saturated heterocycles. The van der Waals surface area contributed by atoms with Gasteiger partial charge in [0.2, 0.25) is 0 Å². The number of ether oxygens (including phenoxy) is 2. The van der Waals surface area contributed by atoms with Crippen molar-refractivity contribution in [3.63, 3.8) is 0 Å². The average Bonchev–Trinajstić information content (AvgIpc) is 2.74. The first-order valence-corrected chi connectivity index (χ1v) is 8.65. The van der Waals surface area contributed by atoms with Crippen molar-refractivity contribution in [2.75, 3.05) is 24.9 Å². The second kappa shape index (κ2) is 8.75. The van der Waals surface area contributed by atoms with Crippen LogP contribution in [-0.4, -0.2) is 25.1 Å². The minimum Gasteiger partial charge on any atom is -0.497 e. The number of amides is 1. The minimum atomic E-state index is -0.534. The number of nitro benzene ring substituents is 1. The molecule has 0 aliphatic carbocycles. The highest BCUT2D eigenvalue weighted by Gasteiger charge is 2.19. The van der Waals surface area contributed by atoms with Gasteiger partial charge in [0.1, 0.15) is 17.2 Å². The van der Waals surface area contributed by atoms with Gasteiger partial charge in [0.25, 0.3) is 11.6 Å². The van der Waals surface area contributed by atoms with Crippen molar-refractivity contribution in [1.29, 1.82) is 0 Å². The molecule has 0 aliphatic rings. The molecule has 3 aromatic rings. The number of nitro groups is 1. The number of nitrogens with zero attached hydrogens (tertiary/aromatic N) is 1. The van der Waals surface area contributed by atoms with Crippen molar-refractivity contribution in [3.05, 3.63) is 82.4 Å². The van der Waals surface area contributed by atoms with Crippen LogP contribution >= 0.6 is 0 Å². The first-order valence-electron chi connectivity index (χ1n) is 8.65. The fourth-order valence-electron chi connectivity index (χ4n) is 2.71. The topological polar surface area (TPSA) is 103 Å². The number of hydrogen-bond acceptors (Lipinski definition) is 6. The summed E-state index contributed by atoms with van der Waals surface area (Å²) in [5, 5.41) is 17.2. The van der Waals surface area contributed by atoms with Gasteiger partial charge in [-0.3, -0.25) is 14.9 Å². The van der Waals surface area contributed by atoms with E-state index in [9.17, 15) is 14.9 Å². The van der Waals surface area contributed by atoms with Crippen LogP contribution in [0.15, 0.2) is 66.7 Å². The van der Waals surface area contributed by atoms with E-state index in [-0.39, 0.29) is 16.9 Å². The van der Waals surface area contributed by atoms with E-state index in [4.69, 9.17) is 9.47 Å². The molecule has 1 amide bonds. The van der Waals surface area contributed by atoms with Gasteiger partial charge >= 0.3 is 0 Å². The number of nitrogens with one attached hydrogen (secondary N) is 2. The zero-order chi connectivity index (χ0) is 20.8. The van der Waals surface area contributed by atoms with Crippen LogP contribution < -0.4 is 20.1 Å². The third kappa shape index (κ3) is 4.62. The number of carbonyl (C=O) groups excluding carboxylic acids is 1. The van der Waals surface area contributed by atoms with Gasteiger partial charge in [-0.1, -0.05) is 18.2 Å². The van der Waals surface area contributed by atoms with Crippen LogP contribution in [0, 0.1) is 10.1 Å². The summed E-state index contributed by atoms with van der Waals surface area (Å²) in [4.78, 5) is 23.7. The third-order valence-corrected chi connectivity index (χ3v) is 4.16. The summed E-state index contributed by atoms with van der Waals surface area (Å²) in [5.41, 5.74) is 1.32. The lowest BCUT2D eigenvalue weighted by Crippen LogP contribution is -2.13. The highest BCUT2D eigenvalue weighted by atomic mass is 16.6. The van der Waals surface area contributed by atoms with E-state index in [1.54, 1.807) is 30.3 Å². The Bertz CT molecular complexity index is 1040. The van der Waals surface area contributed by atoms with Crippen molar-refractivity contribution in [1.82, 2.24) is 0 Å². The Hall–Kier alpha value is -4.07. The Morgan fingerprint density at radius 2 is 1.69 bits per heavy atom. The molecular weight excluding hydrogens is 374 g/mol. The van der Waals surface area contributed by atoms with E-state index in [1.165, 1.54) is 32.4 Å². The lowest BCUT2D eigenvalue weighted by Gasteiger charge is -2.12. The van der Waals surface area contributed by atoms with E-state index in [1.807, 2.05) is 18.2 Å². The van der Waals surface area contributed by atoms with Gasteiger partial charge in [-0.15, -0.1) is 0 Å². The highest BCUT2D eigenvalue weighted by Crippen LogP contribution is 2.31. The molecule has 29 heavy (non-hydrogen) atoms. The van der Waals surface area contributed by atoms with Crippen molar-refractivity contribution in [3.8, 4) is 11.5 Å². The SMILES string of the molecule is COc1ccc(OC)c(NC(=O)c2ccc(Nc3ccccc3)c([N+](=O)[O-])c2)c1. The van der Waals surface area contributed by atoms with Crippen LogP contribution in [0.25, 0.3) is 0 Å². The van der Waals surface area contributed by atoms with Gasteiger partial charge < -0.3 is 20.1 Å². The number of carbonyl (C=O) groups is 1. The van der Waals surface area contributed by atoms with Crippen LogP contribution in [0.4, 0.5) is 22.7 Å². The molecule has 8 nitrogen and oxygen atoms in total. The Balaban J connectivity index is 1.88. The second-order valence-electron chi connectivity index (χ2n) is 6.00. The molecule has 0 aliphatic heterocycles. The monoisotopic (exact) mass is 393 g/mol. The summed E-state index contributed by atoms with van der Waals surface area (Å²) in [7, 11) is 2.99. The van der Waals surface area contributed by atoms with Gasteiger partial charge in [0.05, 0.1) is 24.8 Å². The van der Waals surface area contributed by atoms with Crippen molar-refractivity contribution < 1.29 is 19.2 Å². The molecule has 0 aromatic heterocycles. The maximum absolute atomic E-state index is 12.7. The van der Waals surface area contributed by atoms with Crippen LogP contribution in [0.1, 0.15) is 10.4 Å². The highest BCUT2D eigenvalue weighted by molar-refractivity contribution is 6.06. The molecule has 148 valence electrons. The van der Waals surface area contributed by atoms with Gasteiger partial charge in [0, 0.05) is 23.4 Å². The second-order valence-corrected chi connectivity index (χ2v) is 6.00. The Kier molecular flexibility index (Phi) is 5.94. The molecule has 8 heteroatoms. The predicted octanol–water partition coefficient (Wildman–Crippen LogP) is 4.61. The zero-order valence-corrected chi connectivity index (χ0v) is 15.8. The standard InChI is InChI=1S/C21H19N3O5/c1-28-16-9-11-20(29-2)18(13-16)23-21(25)14-8-10-17(19(12-14)24(26)27)22-15-6-4-3-5-7-15/h3-13,22H,1-2H3,(H,23,25). The van der Waals surface area contributed by atoms with E-state index >= 15 is 0 Å². The van der Waals surface area contributed by atoms with E-state index < -0.39 is 10.8 Å². The summed E-state index contributed by atoms with van der Waals surface area (Å²) < 4.78 is 10.4. The van der Waals surface area contributed by atoms with Crippen molar-refractivity contribution >= 4 is 28.7 Å². The Labute approximate surface area is 167 Å². The molecule has 2 N–H and O–H groups in total. The number of hydrogen-bond donors (Lipinski definition) is 2. The molecule has 3 aromatic carbocycles. The number of para-hydroxylation sites is 1. The summed E-state index contributed by atoms with van der Waals surface area (Å²) in [5.74, 6) is 0.469. The smallest absolute Gasteiger partial charge is 0.293 e. The minimum absolute atomic E-state index is 0.139.